The zero-order chi connectivity index (χ0) is 13.3. The number of hydrogen-bond donors (Lipinski definition) is 1. The first-order chi connectivity index (χ1) is 7.70. The fraction of sp³-hybridized carbons (Fsp3) is 0.538. The summed E-state index contributed by atoms with van der Waals surface area (Å²) in [5.74, 6) is -4.21. The van der Waals surface area contributed by atoms with Gasteiger partial charge in [-0.2, -0.15) is 0 Å². The summed E-state index contributed by atoms with van der Waals surface area (Å²) < 4.78 is 41.2. The SMILES string of the molecule is CC(C)(C)c1cccc(C(F)(F)CCO)c1F. The molecule has 4 heteroatoms. The largest absolute Gasteiger partial charge is 0.396 e. The molecule has 1 N–H and O–H groups in total. The van der Waals surface area contributed by atoms with Crippen LogP contribution in [0.2, 0.25) is 0 Å². The van der Waals surface area contributed by atoms with Crippen molar-refractivity contribution in [2.45, 2.75) is 38.5 Å². The molecule has 0 amide bonds. The molecule has 1 aromatic carbocycles. The Balaban J connectivity index is 3.29. The van der Waals surface area contributed by atoms with Crippen LogP contribution in [0.1, 0.15) is 38.3 Å². The van der Waals surface area contributed by atoms with E-state index in [1.807, 2.05) is 0 Å². The smallest absolute Gasteiger partial charge is 0.278 e. The molecule has 0 radical (unpaired) electrons. The van der Waals surface area contributed by atoms with Crippen LogP contribution < -0.4 is 0 Å². The maximum atomic E-state index is 14.0. The topological polar surface area (TPSA) is 20.2 Å². The van der Waals surface area contributed by atoms with Crippen LogP contribution in [0.5, 0.6) is 0 Å². The molecule has 96 valence electrons. The van der Waals surface area contributed by atoms with Gasteiger partial charge in [-0.1, -0.05) is 39.0 Å². The van der Waals surface area contributed by atoms with Gasteiger partial charge in [0.25, 0.3) is 5.92 Å². The van der Waals surface area contributed by atoms with Gasteiger partial charge in [-0.05, 0) is 11.0 Å². The van der Waals surface area contributed by atoms with E-state index < -0.39 is 35.7 Å². The van der Waals surface area contributed by atoms with E-state index in [4.69, 9.17) is 5.11 Å². The minimum Gasteiger partial charge on any atom is -0.396 e. The summed E-state index contributed by atoms with van der Waals surface area (Å²) in [4.78, 5) is 0. The Kier molecular flexibility index (Phi) is 3.87. The molecule has 0 aliphatic rings. The van der Waals surface area contributed by atoms with E-state index in [1.165, 1.54) is 12.1 Å². The Labute approximate surface area is 99.3 Å². The van der Waals surface area contributed by atoms with Crippen molar-refractivity contribution in [3.05, 3.63) is 35.1 Å². The van der Waals surface area contributed by atoms with Crippen LogP contribution >= 0.6 is 0 Å². The summed E-state index contributed by atoms with van der Waals surface area (Å²) in [5.41, 5.74) is -0.915. The average molecular weight is 246 g/mol. The molecule has 1 aromatic rings. The highest BCUT2D eigenvalue weighted by atomic mass is 19.3. The molecule has 0 saturated carbocycles. The molecule has 0 aliphatic heterocycles. The molecule has 0 unspecified atom stereocenters. The number of alkyl halides is 2. The standard InChI is InChI=1S/C13H17F3O/c1-12(2,3)9-5-4-6-10(11(9)14)13(15,16)7-8-17/h4-6,17H,7-8H2,1-3H3. The highest BCUT2D eigenvalue weighted by Crippen LogP contribution is 2.36. The molecule has 0 atom stereocenters. The fourth-order valence-corrected chi connectivity index (χ4v) is 1.67. The first-order valence-electron chi connectivity index (χ1n) is 5.48. The molecule has 0 aliphatic carbocycles. The normalized spacial score (nSPS) is 12.9. The summed E-state index contributed by atoms with van der Waals surface area (Å²) >= 11 is 0. The van der Waals surface area contributed by atoms with Gasteiger partial charge in [0, 0.05) is 13.0 Å². The van der Waals surface area contributed by atoms with Crippen LogP contribution in [0, 0.1) is 5.82 Å². The third kappa shape index (κ3) is 3.00. The Morgan fingerprint density at radius 3 is 2.12 bits per heavy atom. The second-order valence-electron chi connectivity index (χ2n) is 5.10. The summed E-state index contributed by atoms with van der Waals surface area (Å²) in [6, 6.07) is 4.00. The summed E-state index contributed by atoms with van der Waals surface area (Å²) in [7, 11) is 0. The maximum absolute atomic E-state index is 14.0. The van der Waals surface area contributed by atoms with Gasteiger partial charge in [0.2, 0.25) is 0 Å². The van der Waals surface area contributed by atoms with Crippen molar-refractivity contribution in [3.8, 4) is 0 Å². The summed E-state index contributed by atoms with van der Waals surface area (Å²) in [5, 5.41) is 8.58. The molecule has 0 fully saturated rings. The Morgan fingerprint density at radius 1 is 1.12 bits per heavy atom. The Morgan fingerprint density at radius 2 is 1.65 bits per heavy atom. The molecular formula is C13H17F3O. The monoisotopic (exact) mass is 246 g/mol. The molecule has 0 heterocycles. The van der Waals surface area contributed by atoms with Gasteiger partial charge in [0.1, 0.15) is 5.82 Å². The Bertz CT molecular complexity index is 394. The quantitative estimate of drug-likeness (QED) is 0.864. The maximum Gasteiger partial charge on any atom is 0.278 e. The molecule has 1 nitrogen and oxygen atoms in total. The van der Waals surface area contributed by atoms with Crippen LogP contribution in [0.25, 0.3) is 0 Å². The second-order valence-corrected chi connectivity index (χ2v) is 5.10. The van der Waals surface area contributed by atoms with Gasteiger partial charge in [-0.3, -0.25) is 0 Å². The Hall–Kier alpha value is -1.03. The first kappa shape index (κ1) is 14.0. The van der Waals surface area contributed by atoms with E-state index in [2.05, 4.69) is 0 Å². The molecule has 17 heavy (non-hydrogen) atoms. The molecule has 0 spiro atoms. The van der Waals surface area contributed by atoms with Crippen LogP contribution in [0.4, 0.5) is 13.2 Å². The lowest BCUT2D eigenvalue weighted by molar-refractivity contribution is -0.0302. The number of hydrogen-bond acceptors (Lipinski definition) is 1. The predicted molar refractivity (Wildman–Crippen MR) is 60.7 cm³/mol. The van der Waals surface area contributed by atoms with Gasteiger partial charge >= 0.3 is 0 Å². The second kappa shape index (κ2) is 4.69. The van der Waals surface area contributed by atoms with Crippen molar-refractivity contribution in [1.29, 1.82) is 0 Å². The molecule has 0 saturated heterocycles. The molecule has 1 rings (SSSR count). The third-order valence-corrected chi connectivity index (χ3v) is 2.63. The lowest BCUT2D eigenvalue weighted by Crippen LogP contribution is -2.21. The van der Waals surface area contributed by atoms with E-state index in [0.717, 1.165) is 6.07 Å². The number of benzene rings is 1. The summed E-state index contributed by atoms with van der Waals surface area (Å²) in [6.45, 7) is 4.62. The van der Waals surface area contributed by atoms with Crippen molar-refractivity contribution in [3.63, 3.8) is 0 Å². The van der Waals surface area contributed by atoms with E-state index in [1.54, 1.807) is 20.8 Å². The van der Waals surface area contributed by atoms with Crippen molar-refractivity contribution in [1.82, 2.24) is 0 Å². The predicted octanol–water partition coefficient (Wildman–Crippen LogP) is 3.60. The summed E-state index contributed by atoms with van der Waals surface area (Å²) in [6.07, 6.45) is -0.766. The van der Waals surface area contributed by atoms with Crippen molar-refractivity contribution >= 4 is 0 Å². The minimum atomic E-state index is -3.33. The number of rotatable bonds is 3. The van der Waals surface area contributed by atoms with E-state index in [9.17, 15) is 13.2 Å². The van der Waals surface area contributed by atoms with Gasteiger partial charge in [-0.25, -0.2) is 13.2 Å². The van der Waals surface area contributed by atoms with Crippen LogP contribution in [0.3, 0.4) is 0 Å². The van der Waals surface area contributed by atoms with Crippen molar-refractivity contribution in [2.75, 3.05) is 6.61 Å². The first-order valence-corrected chi connectivity index (χ1v) is 5.48. The van der Waals surface area contributed by atoms with Gasteiger partial charge in [-0.15, -0.1) is 0 Å². The lowest BCUT2D eigenvalue weighted by Gasteiger charge is -2.23. The van der Waals surface area contributed by atoms with Crippen LogP contribution in [-0.4, -0.2) is 11.7 Å². The third-order valence-electron chi connectivity index (χ3n) is 2.63. The van der Waals surface area contributed by atoms with Gasteiger partial charge in [0.15, 0.2) is 0 Å². The molecule has 0 aromatic heterocycles. The minimum absolute atomic E-state index is 0.257. The van der Waals surface area contributed by atoms with E-state index in [-0.39, 0.29) is 5.56 Å². The van der Waals surface area contributed by atoms with Crippen LogP contribution in [0.15, 0.2) is 18.2 Å². The fourth-order valence-electron chi connectivity index (χ4n) is 1.67. The lowest BCUT2D eigenvalue weighted by atomic mass is 9.84. The van der Waals surface area contributed by atoms with E-state index >= 15 is 0 Å². The highest BCUT2D eigenvalue weighted by Gasteiger charge is 2.35. The zero-order valence-electron chi connectivity index (χ0n) is 10.2. The van der Waals surface area contributed by atoms with Gasteiger partial charge in [0.05, 0.1) is 5.56 Å². The number of aliphatic hydroxyl groups excluding tert-OH is 1. The number of halogens is 3. The van der Waals surface area contributed by atoms with Crippen molar-refractivity contribution in [2.24, 2.45) is 0 Å². The highest BCUT2D eigenvalue weighted by molar-refractivity contribution is 5.33. The van der Waals surface area contributed by atoms with E-state index in [0.29, 0.717) is 0 Å². The molecule has 0 bridgehead atoms. The van der Waals surface area contributed by atoms with Gasteiger partial charge < -0.3 is 5.11 Å². The van der Waals surface area contributed by atoms with Crippen molar-refractivity contribution < 1.29 is 18.3 Å². The average Bonchev–Trinajstić information content (AvgIpc) is 2.15. The molecular weight excluding hydrogens is 229 g/mol. The zero-order valence-corrected chi connectivity index (χ0v) is 10.2. The number of aliphatic hydroxyl groups is 1. The van der Waals surface area contributed by atoms with Crippen LogP contribution in [-0.2, 0) is 11.3 Å².